The summed E-state index contributed by atoms with van der Waals surface area (Å²) in [6.07, 6.45) is -0.525. The molecular weight excluding hydrogens is 258 g/mol. The molecule has 1 saturated heterocycles. The standard InChI is InChI=1S/C15H21NO2S/c1-11-9-16(10-12(2)19-11)15(18)8-14(17)13-6-4-3-5-7-13/h3-7,11-12,14,17H,8-10H2,1-2H3. The van der Waals surface area contributed by atoms with E-state index in [9.17, 15) is 9.90 Å². The van der Waals surface area contributed by atoms with Crippen molar-refractivity contribution in [3.63, 3.8) is 0 Å². The molecule has 1 aromatic carbocycles. The Morgan fingerprint density at radius 3 is 2.47 bits per heavy atom. The molecule has 3 unspecified atom stereocenters. The van der Waals surface area contributed by atoms with Crippen molar-refractivity contribution in [1.29, 1.82) is 0 Å². The summed E-state index contributed by atoms with van der Waals surface area (Å²) in [5, 5.41) is 11.0. The lowest BCUT2D eigenvalue weighted by molar-refractivity contribution is -0.133. The maximum Gasteiger partial charge on any atom is 0.225 e. The van der Waals surface area contributed by atoms with Crippen LogP contribution in [0.5, 0.6) is 0 Å². The number of aliphatic hydroxyl groups is 1. The van der Waals surface area contributed by atoms with Crippen LogP contribution in [-0.4, -0.2) is 39.5 Å². The van der Waals surface area contributed by atoms with Crippen molar-refractivity contribution in [3.8, 4) is 0 Å². The first-order valence-electron chi connectivity index (χ1n) is 6.72. The normalized spacial score (nSPS) is 25.1. The van der Waals surface area contributed by atoms with E-state index >= 15 is 0 Å². The molecule has 4 heteroatoms. The van der Waals surface area contributed by atoms with Gasteiger partial charge < -0.3 is 10.0 Å². The highest BCUT2D eigenvalue weighted by Crippen LogP contribution is 2.26. The third kappa shape index (κ3) is 3.98. The lowest BCUT2D eigenvalue weighted by atomic mass is 10.1. The zero-order valence-corrected chi connectivity index (χ0v) is 12.3. The molecule has 0 aromatic heterocycles. The van der Waals surface area contributed by atoms with Gasteiger partial charge in [-0.25, -0.2) is 0 Å². The Morgan fingerprint density at radius 2 is 1.89 bits per heavy atom. The highest BCUT2D eigenvalue weighted by molar-refractivity contribution is 8.00. The van der Waals surface area contributed by atoms with E-state index in [0.29, 0.717) is 10.5 Å². The van der Waals surface area contributed by atoms with Crippen LogP contribution >= 0.6 is 11.8 Å². The molecule has 2 rings (SSSR count). The van der Waals surface area contributed by atoms with Crippen molar-refractivity contribution in [2.45, 2.75) is 36.9 Å². The van der Waals surface area contributed by atoms with Crippen molar-refractivity contribution in [1.82, 2.24) is 4.90 Å². The number of aliphatic hydroxyl groups excluding tert-OH is 1. The summed E-state index contributed by atoms with van der Waals surface area (Å²) in [6, 6.07) is 9.38. The number of hydrogen-bond donors (Lipinski definition) is 1. The highest BCUT2D eigenvalue weighted by Gasteiger charge is 2.27. The van der Waals surface area contributed by atoms with Crippen LogP contribution in [0.1, 0.15) is 31.9 Å². The van der Waals surface area contributed by atoms with Gasteiger partial charge in [0.15, 0.2) is 0 Å². The topological polar surface area (TPSA) is 40.5 Å². The van der Waals surface area contributed by atoms with E-state index < -0.39 is 6.10 Å². The largest absolute Gasteiger partial charge is 0.388 e. The first-order chi connectivity index (χ1) is 9.06. The molecule has 1 fully saturated rings. The zero-order valence-electron chi connectivity index (χ0n) is 11.5. The number of hydrogen-bond acceptors (Lipinski definition) is 3. The van der Waals surface area contributed by atoms with E-state index in [1.54, 1.807) is 0 Å². The first-order valence-corrected chi connectivity index (χ1v) is 7.66. The zero-order chi connectivity index (χ0) is 13.8. The summed E-state index contributed by atoms with van der Waals surface area (Å²) >= 11 is 1.92. The second-order valence-corrected chi connectivity index (χ2v) is 7.07. The van der Waals surface area contributed by atoms with Gasteiger partial charge >= 0.3 is 0 Å². The van der Waals surface area contributed by atoms with Crippen LogP contribution in [0.2, 0.25) is 0 Å². The summed E-state index contributed by atoms with van der Waals surface area (Å²) in [7, 11) is 0. The van der Waals surface area contributed by atoms with E-state index in [-0.39, 0.29) is 12.3 Å². The molecule has 1 aromatic rings. The quantitative estimate of drug-likeness (QED) is 0.924. The number of rotatable bonds is 3. The Kier molecular flexibility index (Phi) is 4.88. The van der Waals surface area contributed by atoms with Crippen LogP contribution in [0.3, 0.4) is 0 Å². The van der Waals surface area contributed by atoms with Crippen molar-refractivity contribution in [2.24, 2.45) is 0 Å². The summed E-state index contributed by atoms with van der Waals surface area (Å²) in [5.74, 6) is 0.0513. The number of amides is 1. The molecule has 3 atom stereocenters. The number of thioether (sulfide) groups is 1. The predicted octanol–water partition coefficient (Wildman–Crippen LogP) is 2.46. The van der Waals surface area contributed by atoms with Gasteiger partial charge in [0.25, 0.3) is 0 Å². The molecule has 0 spiro atoms. The third-order valence-corrected chi connectivity index (χ3v) is 4.55. The number of carbonyl (C=O) groups is 1. The van der Waals surface area contributed by atoms with Gasteiger partial charge in [-0.1, -0.05) is 44.2 Å². The summed E-state index contributed by atoms with van der Waals surface area (Å²) < 4.78 is 0. The number of carbonyl (C=O) groups excluding carboxylic acids is 1. The molecule has 1 aliphatic rings. The van der Waals surface area contributed by atoms with Crippen LogP contribution in [0.25, 0.3) is 0 Å². The molecule has 1 aliphatic heterocycles. The second-order valence-electron chi connectivity index (χ2n) is 5.19. The smallest absolute Gasteiger partial charge is 0.225 e. The lowest BCUT2D eigenvalue weighted by Gasteiger charge is -2.35. The monoisotopic (exact) mass is 279 g/mol. The second kappa shape index (κ2) is 6.44. The van der Waals surface area contributed by atoms with Gasteiger partial charge in [0.2, 0.25) is 5.91 Å². The Labute approximate surface area is 119 Å². The van der Waals surface area contributed by atoms with Gasteiger partial charge in [-0.3, -0.25) is 4.79 Å². The molecule has 19 heavy (non-hydrogen) atoms. The minimum absolute atomic E-state index is 0.0513. The summed E-state index contributed by atoms with van der Waals surface area (Å²) in [6.45, 7) is 5.87. The highest BCUT2D eigenvalue weighted by atomic mass is 32.2. The molecule has 3 nitrogen and oxygen atoms in total. The Morgan fingerprint density at radius 1 is 1.32 bits per heavy atom. The molecule has 1 heterocycles. The molecule has 104 valence electrons. The molecule has 1 N–H and O–H groups in total. The van der Waals surface area contributed by atoms with Gasteiger partial charge in [0.05, 0.1) is 12.5 Å². The van der Waals surface area contributed by atoms with Crippen LogP contribution in [0.15, 0.2) is 30.3 Å². The van der Waals surface area contributed by atoms with Gasteiger partial charge in [-0.2, -0.15) is 11.8 Å². The van der Waals surface area contributed by atoms with E-state index in [0.717, 1.165) is 18.7 Å². The van der Waals surface area contributed by atoms with Gasteiger partial charge in [-0.15, -0.1) is 0 Å². The fourth-order valence-corrected chi connectivity index (χ4v) is 3.79. The maximum atomic E-state index is 12.2. The van der Waals surface area contributed by atoms with E-state index in [1.165, 1.54) is 0 Å². The summed E-state index contributed by atoms with van der Waals surface area (Å²) in [4.78, 5) is 14.1. The Bertz CT molecular complexity index is 413. The van der Waals surface area contributed by atoms with Crippen molar-refractivity contribution >= 4 is 17.7 Å². The van der Waals surface area contributed by atoms with Gasteiger partial charge in [0.1, 0.15) is 0 Å². The first kappa shape index (κ1) is 14.4. The minimum atomic E-state index is -0.700. The van der Waals surface area contributed by atoms with Crippen LogP contribution in [0, 0.1) is 0 Å². The van der Waals surface area contributed by atoms with E-state index in [1.807, 2.05) is 47.0 Å². The average Bonchev–Trinajstić information content (AvgIpc) is 2.38. The van der Waals surface area contributed by atoms with Crippen LogP contribution in [-0.2, 0) is 4.79 Å². The SMILES string of the molecule is CC1CN(C(=O)CC(O)c2ccccc2)CC(C)S1. The molecule has 0 bridgehead atoms. The van der Waals surface area contributed by atoms with E-state index in [4.69, 9.17) is 0 Å². The van der Waals surface area contributed by atoms with Crippen molar-refractivity contribution in [2.75, 3.05) is 13.1 Å². The van der Waals surface area contributed by atoms with Crippen molar-refractivity contribution in [3.05, 3.63) is 35.9 Å². The molecular formula is C15H21NO2S. The molecule has 0 aliphatic carbocycles. The van der Waals surface area contributed by atoms with Crippen LogP contribution < -0.4 is 0 Å². The lowest BCUT2D eigenvalue weighted by Crippen LogP contribution is -2.44. The average molecular weight is 279 g/mol. The summed E-state index contributed by atoms with van der Waals surface area (Å²) in [5.41, 5.74) is 0.809. The fraction of sp³-hybridized carbons (Fsp3) is 0.533. The Hall–Kier alpha value is -1.00. The fourth-order valence-electron chi connectivity index (χ4n) is 2.47. The van der Waals surface area contributed by atoms with Gasteiger partial charge in [-0.05, 0) is 5.56 Å². The van der Waals surface area contributed by atoms with Gasteiger partial charge in [0, 0.05) is 23.6 Å². The number of benzene rings is 1. The third-order valence-electron chi connectivity index (χ3n) is 3.32. The Balaban J connectivity index is 1.93. The molecule has 1 amide bonds. The predicted molar refractivity (Wildman–Crippen MR) is 79.1 cm³/mol. The van der Waals surface area contributed by atoms with E-state index in [2.05, 4.69) is 13.8 Å². The van der Waals surface area contributed by atoms with Crippen molar-refractivity contribution < 1.29 is 9.90 Å². The maximum absolute atomic E-state index is 12.2. The number of nitrogens with zero attached hydrogens (tertiary/aromatic N) is 1. The minimum Gasteiger partial charge on any atom is -0.388 e. The molecule has 0 saturated carbocycles. The molecule has 0 radical (unpaired) electrons. The van der Waals surface area contributed by atoms with Crippen LogP contribution in [0.4, 0.5) is 0 Å².